The molecule has 1 aliphatic heterocycles. The Balaban J connectivity index is 2.01. The zero-order valence-electron chi connectivity index (χ0n) is 17.4. The molecule has 0 bridgehead atoms. The van der Waals surface area contributed by atoms with Crippen molar-refractivity contribution in [3.63, 3.8) is 0 Å². The van der Waals surface area contributed by atoms with Crippen molar-refractivity contribution in [2.45, 2.75) is 4.90 Å². The van der Waals surface area contributed by atoms with E-state index >= 15 is 0 Å². The average molecular weight is 417 g/mol. The van der Waals surface area contributed by atoms with E-state index in [9.17, 15) is 13.2 Å². The molecule has 0 aromatic heterocycles. The fourth-order valence-corrected chi connectivity index (χ4v) is 4.45. The Morgan fingerprint density at radius 3 is 2.14 bits per heavy atom. The molecule has 0 spiro atoms. The number of rotatable bonds is 5. The van der Waals surface area contributed by atoms with Crippen LogP contribution in [0.25, 0.3) is 0 Å². The molecule has 0 radical (unpaired) electrons. The third kappa shape index (κ3) is 4.44. The minimum Gasteiger partial charge on any atom is -0.368 e. The van der Waals surface area contributed by atoms with E-state index in [-0.39, 0.29) is 10.8 Å². The lowest BCUT2D eigenvalue weighted by molar-refractivity contribution is 0.0993. The Morgan fingerprint density at radius 2 is 1.55 bits per heavy atom. The fourth-order valence-electron chi connectivity index (χ4n) is 3.32. The second-order valence-corrected chi connectivity index (χ2v) is 9.58. The van der Waals surface area contributed by atoms with E-state index in [0.717, 1.165) is 31.9 Å². The average Bonchev–Trinajstić information content (AvgIpc) is 2.73. The van der Waals surface area contributed by atoms with Gasteiger partial charge < -0.3 is 14.7 Å². The Kier molecular flexibility index (Phi) is 6.26. The molecule has 29 heavy (non-hydrogen) atoms. The summed E-state index contributed by atoms with van der Waals surface area (Å²) in [7, 11) is 3.04. The Hall–Kier alpha value is -2.42. The van der Waals surface area contributed by atoms with Crippen LogP contribution in [0.15, 0.2) is 53.4 Å². The monoisotopic (exact) mass is 416 g/mol. The molecule has 3 rings (SSSR count). The van der Waals surface area contributed by atoms with E-state index in [1.54, 1.807) is 19.2 Å². The van der Waals surface area contributed by atoms with Crippen LogP contribution in [0.2, 0.25) is 0 Å². The van der Waals surface area contributed by atoms with Gasteiger partial charge in [-0.3, -0.25) is 4.79 Å². The first-order valence-electron chi connectivity index (χ1n) is 9.55. The van der Waals surface area contributed by atoms with Crippen LogP contribution in [0.1, 0.15) is 10.4 Å². The van der Waals surface area contributed by atoms with Crippen LogP contribution in [-0.4, -0.2) is 77.9 Å². The summed E-state index contributed by atoms with van der Waals surface area (Å²) in [4.78, 5) is 19.0. The van der Waals surface area contributed by atoms with Crippen molar-refractivity contribution in [3.05, 3.63) is 54.1 Å². The molecular weight excluding hydrogens is 388 g/mol. The van der Waals surface area contributed by atoms with Crippen LogP contribution in [0.4, 0.5) is 11.4 Å². The number of anilines is 2. The smallest absolute Gasteiger partial charge is 0.258 e. The summed E-state index contributed by atoms with van der Waals surface area (Å²) < 4.78 is 27.3. The second-order valence-electron chi connectivity index (χ2n) is 7.46. The van der Waals surface area contributed by atoms with Crippen LogP contribution in [0.5, 0.6) is 0 Å². The zero-order valence-corrected chi connectivity index (χ0v) is 18.2. The molecule has 1 fully saturated rings. The fraction of sp³-hybridized carbons (Fsp3) is 0.381. The highest BCUT2D eigenvalue weighted by atomic mass is 32.2. The maximum atomic E-state index is 13.0. The van der Waals surface area contributed by atoms with Crippen molar-refractivity contribution in [2.75, 3.05) is 64.2 Å². The number of sulfonamides is 1. The van der Waals surface area contributed by atoms with Gasteiger partial charge in [0, 0.05) is 58.6 Å². The van der Waals surface area contributed by atoms with E-state index in [4.69, 9.17) is 0 Å². The van der Waals surface area contributed by atoms with Crippen molar-refractivity contribution in [2.24, 2.45) is 0 Å². The van der Waals surface area contributed by atoms with E-state index < -0.39 is 10.0 Å². The normalized spacial score (nSPS) is 15.6. The number of piperazine rings is 1. The van der Waals surface area contributed by atoms with Gasteiger partial charge in [-0.05, 0) is 37.4 Å². The molecule has 0 atom stereocenters. The number of likely N-dealkylation sites (N-methyl/N-ethyl adjacent to an activating group) is 1. The summed E-state index contributed by atoms with van der Waals surface area (Å²) in [5.74, 6) is -0.253. The zero-order chi connectivity index (χ0) is 21.2. The SMILES string of the molecule is CN1CCN(c2ccc(C(=O)N(C)c3ccccc3)cc2S(=O)(=O)N(C)C)CC1. The lowest BCUT2D eigenvalue weighted by Gasteiger charge is -2.35. The number of carbonyl (C=O) groups excluding carboxylic acids is 1. The number of hydrogen-bond acceptors (Lipinski definition) is 5. The van der Waals surface area contributed by atoms with E-state index in [1.807, 2.05) is 30.3 Å². The number of benzene rings is 2. The molecule has 1 saturated heterocycles. The van der Waals surface area contributed by atoms with Crippen molar-refractivity contribution >= 4 is 27.3 Å². The maximum Gasteiger partial charge on any atom is 0.258 e. The molecule has 156 valence electrons. The summed E-state index contributed by atoms with van der Waals surface area (Å²) in [6.07, 6.45) is 0. The van der Waals surface area contributed by atoms with Crippen LogP contribution in [-0.2, 0) is 10.0 Å². The predicted octanol–water partition coefficient (Wildman–Crippen LogP) is 1.97. The molecule has 1 aliphatic rings. The number of hydrogen-bond donors (Lipinski definition) is 0. The molecule has 2 aromatic carbocycles. The largest absolute Gasteiger partial charge is 0.368 e. The Morgan fingerprint density at radius 1 is 0.931 bits per heavy atom. The molecule has 1 heterocycles. The molecule has 1 amide bonds. The summed E-state index contributed by atoms with van der Waals surface area (Å²) >= 11 is 0. The Labute approximate surface area is 173 Å². The van der Waals surface area contributed by atoms with Crippen LogP contribution in [0, 0.1) is 0 Å². The molecule has 7 nitrogen and oxygen atoms in total. The van der Waals surface area contributed by atoms with Gasteiger partial charge in [0.25, 0.3) is 5.91 Å². The van der Waals surface area contributed by atoms with E-state index in [1.165, 1.54) is 29.4 Å². The van der Waals surface area contributed by atoms with Gasteiger partial charge in [0.15, 0.2) is 0 Å². The van der Waals surface area contributed by atoms with Gasteiger partial charge in [0.2, 0.25) is 10.0 Å². The predicted molar refractivity (Wildman–Crippen MR) is 116 cm³/mol. The molecule has 0 saturated carbocycles. The van der Waals surface area contributed by atoms with Crippen molar-refractivity contribution in [3.8, 4) is 0 Å². The quantitative estimate of drug-likeness (QED) is 0.746. The van der Waals surface area contributed by atoms with E-state index in [2.05, 4.69) is 16.8 Å². The first-order chi connectivity index (χ1) is 13.7. The molecule has 0 unspecified atom stereocenters. The number of carbonyl (C=O) groups is 1. The van der Waals surface area contributed by atoms with Gasteiger partial charge >= 0.3 is 0 Å². The molecule has 8 heteroatoms. The van der Waals surface area contributed by atoms with Gasteiger partial charge in [-0.2, -0.15) is 0 Å². The second kappa shape index (κ2) is 8.52. The summed E-state index contributed by atoms with van der Waals surface area (Å²) in [5.41, 5.74) is 1.73. The lowest BCUT2D eigenvalue weighted by atomic mass is 10.1. The third-order valence-corrected chi connectivity index (χ3v) is 7.10. The third-order valence-electron chi connectivity index (χ3n) is 5.26. The lowest BCUT2D eigenvalue weighted by Crippen LogP contribution is -2.45. The summed E-state index contributed by atoms with van der Waals surface area (Å²) in [6, 6.07) is 14.3. The number of nitrogens with zero attached hydrogens (tertiary/aromatic N) is 4. The standard InChI is InChI=1S/C21H28N4O3S/c1-22(2)29(27,28)20-16-17(21(26)24(4)18-8-6-5-7-9-18)10-11-19(20)25-14-12-23(3)13-15-25/h5-11,16H,12-15H2,1-4H3. The highest BCUT2D eigenvalue weighted by molar-refractivity contribution is 7.89. The summed E-state index contributed by atoms with van der Waals surface area (Å²) in [6.45, 7) is 3.20. The van der Waals surface area contributed by atoms with Crippen LogP contribution >= 0.6 is 0 Å². The topological polar surface area (TPSA) is 64.2 Å². The molecular formula is C21H28N4O3S. The number of para-hydroxylation sites is 1. The van der Waals surface area contributed by atoms with Gasteiger partial charge in [0.1, 0.15) is 4.90 Å². The van der Waals surface area contributed by atoms with Gasteiger partial charge in [-0.25, -0.2) is 12.7 Å². The van der Waals surface area contributed by atoms with E-state index in [0.29, 0.717) is 11.3 Å². The molecule has 0 N–H and O–H groups in total. The Bertz CT molecular complexity index is 969. The minimum atomic E-state index is -3.71. The molecule has 0 aliphatic carbocycles. The van der Waals surface area contributed by atoms with Gasteiger partial charge in [-0.15, -0.1) is 0 Å². The van der Waals surface area contributed by atoms with Crippen molar-refractivity contribution in [1.82, 2.24) is 9.21 Å². The molecule has 2 aromatic rings. The summed E-state index contributed by atoms with van der Waals surface area (Å²) in [5, 5.41) is 0. The van der Waals surface area contributed by atoms with Crippen molar-refractivity contribution in [1.29, 1.82) is 0 Å². The highest BCUT2D eigenvalue weighted by Gasteiger charge is 2.27. The van der Waals surface area contributed by atoms with Crippen LogP contribution in [0.3, 0.4) is 0 Å². The van der Waals surface area contributed by atoms with Crippen molar-refractivity contribution < 1.29 is 13.2 Å². The first kappa shape index (κ1) is 21.3. The first-order valence-corrected chi connectivity index (χ1v) is 11.0. The maximum absolute atomic E-state index is 13.0. The van der Waals surface area contributed by atoms with Crippen LogP contribution < -0.4 is 9.80 Å². The highest BCUT2D eigenvalue weighted by Crippen LogP contribution is 2.30. The minimum absolute atomic E-state index is 0.166. The van der Waals surface area contributed by atoms with Gasteiger partial charge in [-0.1, -0.05) is 18.2 Å². The van der Waals surface area contributed by atoms with Gasteiger partial charge in [0.05, 0.1) is 5.69 Å². The number of amides is 1.